The van der Waals surface area contributed by atoms with Crippen LogP contribution in [0.4, 0.5) is 0 Å². The lowest BCUT2D eigenvalue weighted by Gasteiger charge is -2.12. The molecule has 2 aromatic heterocycles. The highest BCUT2D eigenvalue weighted by Crippen LogP contribution is 2.28. The van der Waals surface area contributed by atoms with Crippen molar-refractivity contribution in [1.82, 2.24) is 23.4 Å². The monoisotopic (exact) mass is 449 g/mol. The van der Waals surface area contributed by atoms with Crippen molar-refractivity contribution in [2.75, 3.05) is 14.1 Å². The highest BCUT2D eigenvalue weighted by molar-refractivity contribution is 7.98. The lowest BCUT2D eigenvalue weighted by atomic mass is 10.2. The van der Waals surface area contributed by atoms with Gasteiger partial charge in [0.1, 0.15) is 5.82 Å². The molecule has 7 nitrogen and oxygen atoms in total. The van der Waals surface area contributed by atoms with Crippen LogP contribution in [0.25, 0.3) is 11.0 Å². The molecule has 0 fully saturated rings. The average Bonchev–Trinajstić information content (AvgIpc) is 3.16. The van der Waals surface area contributed by atoms with E-state index in [9.17, 15) is 8.42 Å². The molecular formula is C21H31N5O2S2. The largest absolute Gasteiger partial charge is 0.328 e. The molecule has 0 radical (unpaired) electrons. The molecule has 0 atom stereocenters. The van der Waals surface area contributed by atoms with Crippen LogP contribution in [-0.4, -0.2) is 45.9 Å². The van der Waals surface area contributed by atoms with Crippen LogP contribution in [0.3, 0.4) is 0 Å². The molecule has 9 heteroatoms. The van der Waals surface area contributed by atoms with E-state index in [1.54, 1.807) is 23.9 Å². The van der Waals surface area contributed by atoms with Gasteiger partial charge in [0.25, 0.3) is 0 Å². The van der Waals surface area contributed by atoms with Crippen LogP contribution in [0.1, 0.15) is 38.0 Å². The molecule has 1 aromatic carbocycles. The molecule has 0 N–H and O–H groups in total. The van der Waals surface area contributed by atoms with E-state index in [-0.39, 0.29) is 4.90 Å². The SMILES string of the molecule is CCn1c(CSc2nc(C)c(C)n2CC(C)C)nc2cc(S(=O)(=O)N(C)C)ccc21. The third-order valence-electron chi connectivity index (χ3n) is 5.19. The summed E-state index contributed by atoms with van der Waals surface area (Å²) in [6.07, 6.45) is 0. The molecule has 30 heavy (non-hydrogen) atoms. The Balaban J connectivity index is 1.95. The molecule has 0 aliphatic heterocycles. The molecule has 3 aromatic rings. The van der Waals surface area contributed by atoms with Gasteiger partial charge in [0.05, 0.1) is 27.4 Å². The number of aromatic nitrogens is 4. The van der Waals surface area contributed by atoms with E-state index in [1.807, 2.05) is 13.0 Å². The molecule has 0 bridgehead atoms. The van der Waals surface area contributed by atoms with Gasteiger partial charge in [-0.25, -0.2) is 22.7 Å². The number of imidazole rings is 2. The standard InChI is InChI=1S/C21H31N5O2S2/c1-8-25-19-10-9-17(30(27,28)24(6)7)11-18(19)23-20(25)13-29-21-22-15(4)16(5)26(21)12-14(2)3/h9-11,14H,8,12-13H2,1-7H3. The quantitative estimate of drug-likeness (QED) is 0.485. The Hall–Kier alpha value is -1.84. The lowest BCUT2D eigenvalue weighted by molar-refractivity contribution is 0.486. The van der Waals surface area contributed by atoms with Crippen molar-refractivity contribution in [3.8, 4) is 0 Å². The average molecular weight is 450 g/mol. The molecule has 2 heterocycles. The van der Waals surface area contributed by atoms with Gasteiger partial charge >= 0.3 is 0 Å². The van der Waals surface area contributed by atoms with E-state index >= 15 is 0 Å². The third-order valence-corrected chi connectivity index (χ3v) is 7.98. The van der Waals surface area contributed by atoms with Crippen molar-refractivity contribution in [1.29, 1.82) is 0 Å². The number of rotatable bonds is 8. The van der Waals surface area contributed by atoms with Gasteiger partial charge in [0.2, 0.25) is 10.0 Å². The summed E-state index contributed by atoms with van der Waals surface area (Å²) >= 11 is 1.68. The van der Waals surface area contributed by atoms with E-state index in [1.165, 1.54) is 24.1 Å². The molecule has 0 saturated carbocycles. The van der Waals surface area contributed by atoms with Crippen LogP contribution in [0.5, 0.6) is 0 Å². The van der Waals surface area contributed by atoms with Crippen molar-refractivity contribution in [2.45, 2.75) is 63.5 Å². The molecule has 0 amide bonds. The first-order valence-electron chi connectivity index (χ1n) is 10.1. The number of hydrogen-bond acceptors (Lipinski definition) is 5. The number of nitrogens with zero attached hydrogens (tertiary/aromatic N) is 5. The maximum absolute atomic E-state index is 12.5. The Morgan fingerprint density at radius 2 is 1.83 bits per heavy atom. The minimum atomic E-state index is -3.49. The zero-order valence-corrected chi connectivity index (χ0v) is 20.4. The number of benzene rings is 1. The van der Waals surface area contributed by atoms with Gasteiger partial charge < -0.3 is 9.13 Å². The summed E-state index contributed by atoms with van der Waals surface area (Å²) in [5, 5.41) is 1.00. The van der Waals surface area contributed by atoms with Gasteiger partial charge in [-0.1, -0.05) is 25.6 Å². The molecule has 0 unspecified atom stereocenters. The summed E-state index contributed by atoms with van der Waals surface area (Å²) in [7, 11) is -0.413. The third kappa shape index (κ3) is 4.29. The van der Waals surface area contributed by atoms with Crippen molar-refractivity contribution in [3.05, 3.63) is 35.4 Å². The fourth-order valence-electron chi connectivity index (χ4n) is 3.44. The second kappa shape index (κ2) is 8.72. The second-order valence-corrected chi connectivity index (χ2v) is 11.2. The lowest BCUT2D eigenvalue weighted by Crippen LogP contribution is -2.22. The zero-order valence-electron chi connectivity index (χ0n) is 18.8. The maximum Gasteiger partial charge on any atom is 0.242 e. The van der Waals surface area contributed by atoms with Crippen LogP contribution >= 0.6 is 11.8 Å². The fourth-order valence-corrected chi connectivity index (χ4v) is 5.41. The minimum Gasteiger partial charge on any atom is -0.328 e. The van der Waals surface area contributed by atoms with Gasteiger partial charge in [0, 0.05) is 32.9 Å². The van der Waals surface area contributed by atoms with Crippen molar-refractivity contribution in [2.24, 2.45) is 5.92 Å². The fraction of sp³-hybridized carbons (Fsp3) is 0.524. The molecule has 0 aliphatic carbocycles. The maximum atomic E-state index is 12.5. The van der Waals surface area contributed by atoms with Gasteiger partial charge in [-0.15, -0.1) is 0 Å². The summed E-state index contributed by atoms with van der Waals surface area (Å²) in [5.41, 5.74) is 3.91. The summed E-state index contributed by atoms with van der Waals surface area (Å²) < 4.78 is 30.6. The summed E-state index contributed by atoms with van der Waals surface area (Å²) in [5.74, 6) is 2.13. The van der Waals surface area contributed by atoms with E-state index in [4.69, 9.17) is 9.97 Å². The predicted molar refractivity (Wildman–Crippen MR) is 122 cm³/mol. The second-order valence-electron chi connectivity index (χ2n) is 8.07. The zero-order chi connectivity index (χ0) is 22.2. The van der Waals surface area contributed by atoms with Gasteiger partial charge in [-0.3, -0.25) is 0 Å². The van der Waals surface area contributed by atoms with Crippen molar-refractivity contribution >= 4 is 32.8 Å². The highest BCUT2D eigenvalue weighted by atomic mass is 32.2. The van der Waals surface area contributed by atoms with Crippen LogP contribution in [0.15, 0.2) is 28.3 Å². The molecule has 0 saturated heterocycles. The van der Waals surface area contributed by atoms with Crippen LogP contribution in [0.2, 0.25) is 0 Å². The van der Waals surface area contributed by atoms with Crippen LogP contribution in [0, 0.1) is 19.8 Å². The smallest absolute Gasteiger partial charge is 0.242 e. The summed E-state index contributed by atoms with van der Waals surface area (Å²) in [4.78, 5) is 9.79. The predicted octanol–water partition coefficient (Wildman–Crippen LogP) is 4.07. The van der Waals surface area contributed by atoms with Crippen LogP contribution in [-0.2, 0) is 28.9 Å². The minimum absolute atomic E-state index is 0.263. The first kappa shape index (κ1) is 22.8. The molecule has 0 spiro atoms. The molecule has 0 aliphatic rings. The van der Waals surface area contributed by atoms with E-state index in [2.05, 4.69) is 36.8 Å². The number of hydrogen-bond donors (Lipinski definition) is 0. The molecule has 3 rings (SSSR count). The van der Waals surface area contributed by atoms with E-state index in [0.29, 0.717) is 17.2 Å². The molecular weight excluding hydrogens is 418 g/mol. The van der Waals surface area contributed by atoms with Crippen molar-refractivity contribution < 1.29 is 8.42 Å². The van der Waals surface area contributed by atoms with E-state index < -0.39 is 10.0 Å². The number of sulfonamides is 1. The number of fused-ring (bicyclic) bond motifs is 1. The Kier molecular flexibility index (Phi) is 6.64. The Morgan fingerprint density at radius 1 is 1.13 bits per heavy atom. The van der Waals surface area contributed by atoms with Gasteiger partial charge in [-0.2, -0.15) is 0 Å². The van der Waals surface area contributed by atoms with E-state index in [0.717, 1.165) is 35.3 Å². The number of aryl methyl sites for hydroxylation is 2. The highest BCUT2D eigenvalue weighted by Gasteiger charge is 2.20. The number of thioether (sulfide) groups is 1. The molecule has 164 valence electrons. The van der Waals surface area contributed by atoms with Gasteiger partial charge in [-0.05, 0) is 44.9 Å². The summed E-state index contributed by atoms with van der Waals surface area (Å²) in [6.45, 7) is 12.4. The first-order chi connectivity index (χ1) is 14.1. The van der Waals surface area contributed by atoms with Crippen LogP contribution < -0.4 is 0 Å². The Bertz CT molecular complexity index is 1160. The first-order valence-corrected chi connectivity index (χ1v) is 12.6. The van der Waals surface area contributed by atoms with Crippen molar-refractivity contribution in [3.63, 3.8) is 0 Å². The van der Waals surface area contributed by atoms with Gasteiger partial charge in [0.15, 0.2) is 5.16 Å². The Labute approximate surface area is 183 Å². The Morgan fingerprint density at radius 3 is 2.43 bits per heavy atom. The summed E-state index contributed by atoms with van der Waals surface area (Å²) in [6, 6.07) is 5.17. The topological polar surface area (TPSA) is 73.0 Å². The normalized spacial score (nSPS) is 12.6.